The Morgan fingerprint density at radius 2 is 2.28 bits per heavy atom. The lowest BCUT2D eigenvalue weighted by atomic mass is 10.3. The number of carbonyl (C=O) groups excluding carboxylic acids is 2. The second-order valence-corrected chi connectivity index (χ2v) is 5.12. The summed E-state index contributed by atoms with van der Waals surface area (Å²) in [6.07, 6.45) is 3.60. The fourth-order valence-corrected chi connectivity index (χ4v) is 2.09. The minimum absolute atomic E-state index is 0.0218. The number of aromatic nitrogens is 1. The number of aromatic amines is 1. The number of rotatable bonds is 5. The van der Waals surface area contributed by atoms with Crippen LogP contribution in [0.2, 0.25) is 0 Å². The Morgan fingerprint density at radius 1 is 1.56 bits per heavy atom. The number of amides is 1. The van der Waals surface area contributed by atoms with Gasteiger partial charge in [0.05, 0.1) is 6.61 Å². The van der Waals surface area contributed by atoms with Gasteiger partial charge in [0.1, 0.15) is 12.2 Å². The van der Waals surface area contributed by atoms with Crippen LogP contribution in [0, 0.1) is 0 Å². The van der Waals surface area contributed by atoms with E-state index in [1.54, 1.807) is 24.1 Å². The van der Waals surface area contributed by atoms with Crippen LogP contribution < -0.4 is 0 Å². The summed E-state index contributed by atoms with van der Waals surface area (Å²) in [6, 6.07) is 1.88. The average molecular weight is 315 g/mol. The highest BCUT2D eigenvalue weighted by Crippen LogP contribution is 2.28. The van der Waals surface area contributed by atoms with Crippen molar-refractivity contribution >= 4 is 27.8 Å². The third-order valence-electron chi connectivity index (χ3n) is 2.73. The first kappa shape index (κ1) is 13.1. The molecule has 1 amide bonds. The quantitative estimate of drug-likeness (QED) is 0.845. The maximum absolute atomic E-state index is 12.2. The molecule has 1 saturated carbocycles. The normalized spacial score (nSPS) is 14.3. The van der Waals surface area contributed by atoms with E-state index < -0.39 is 0 Å². The van der Waals surface area contributed by atoms with Crippen molar-refractivity contribution in [3.05, 3.63) is 22.4 Å². The predicted molar refractivity (Wildman–Crippen MR) is 69.2 cm³/mol. The molecule has 0 atom stereocenters. The van der Waals surface area contributed by atoms with Gasteiger partial charge in [0, 0.05) is 16.7 Å². The molecule has 1 aliphatic carbocycles. The lowest BCUT2D eigenvalue weighted by Gasteiger charge is -2.20. The largest absolute Gasteiger partial charge is 0.465 e. The number of hydrogen-bond acceptors (Lipinski definition) is 3. The smallest absolute Gasteiger partial charge is 0.325 e. The zero-order valence-corrected chi connectivity index (χ0v) is 11.7. The van der Waals surface area contributed by atoms with E-state index in [-0.39, 0.29) is 24.5 Å². The summed E-state index contributed by atoms with van der Waals surface area (Å²) in [5.74, 6) is -0.514. The van der Waals surface area contributed by atoms with Gasteiger partial charge in [-0.15, -0.1) is 0 Å². The van der Waals surface area contributed by atoms with Crippen LogP contribution in [0.5, 0.6) is 0 Å². The second kappa shape index (κ2) is 5.56. The number of nitrogens with zero attached hydrogens (tertiary/aromatic N) is 1. The van der Waals surface area contributed by atoms with Gasteiger partial charge >= 0.3 is 5.97 Å². The van der Waals surface area contributed by atoms with Crippen LogP contribution in [0.25, 0.3) is 0 Å². The average Bonchev–Trinajstić information content (AvgIpc) is 3.08. The fourth-order valence-electron chi connectivity index (χ4n) is 1.74. The van der Waals surface area contributed by atoms with Gasteiger partial charge in [-0.05, 0) is 41.8 Å². The van der Waals surface area contributed by atoms with Crippen molar-refractivity contribution in [3.63, 3.8) is 0 Å². The topological polar surface area (TPSA) is 62.4 Å². The van der Waals surface area contributed by atoms with Crippen LogP contribution in [0.1, 0.15) is 30.3 Å². The minimum Gasteiger partial charge on any atom is -0.465 e. The van der Waals surface area contributed by atoms with E-state index in [2.05, 4.69) is 20.9 Å². The Morgan fingerprint density at radius 3 is 2.78 bits per heavy atom. The second-order valence-electron chi connectivity index (χ2n) is 4.20. The molecule has 2 rings (SSSR count). The number of nitrogens with one attached hydrogen (secondary N) is 1. The van der Waals surface area contributed by atoms with E-state index in [0.29, 0.717) is 12.3 Å². The highest BCUT2D eigenvalue weighted by atomic mass is 79.9. The number of carbonyl (C=O) groups is 2. The zero-order chi connectivity index (χ0) is 13.1. The predicted octanol–water partition coefficient (Wildman–Crippen LogP) is 1.94. The molecule has 0 saturated heterocycles. The summed E-state index contributed by atoms with van der Waals surface area (Å²) in [7, 11) is 0. The van der Waals surface area contributed by atoms with E-state index >= 15 is 0 Å². The van der Waals surface area contributed by atoms with Gasteiger partial charge in [-0.25, -0.2) is 0 Å². The highest BCUT2D eigenvalue weighted by molar-refractivity contribution is 9.10. The summed E-state index contributed by atoms with van der Waals surface area (Å²) in [6.45, 7) is 2.11. The van der Waals surface area contributed by atoms with Gasteiger partial charge in [-0.1, -0.05) is 0 Å². The Bertz CT molecular complexity index is 454. The maximum Gasteiger partial charge on any atom is 0.325 e. The molecule has 0 bridgehead atoms. The third-order valence-corrected chi connectivity index (χ3v) is 3.19. The SMILES string of the molecule is CCOC(=O)CN(C(=O)c1cc(Br)c[nH]1)C1CC1. The lowest BCUT2D eigenvalue weighted by Crippen LogP contribution is -2.38. The third kappa shape index (κ3) is 3.13. The molecule has 0 unspecified atom stereocenters. The first-order chi connectivity index (χ1) is 8.61. The van der Waals surface area contributed by atoms with Crippen molar-refractivity contribution in [1.82, 2.24) is 9.88 Å². The minimum atomic E-state index is -0.358. The molecular weight excluding hydrogens is 300 g/mol. The van der Waals surface area contributed by atoms with E-state index in [9.17, 15) is 9.59 Å². The Balaban J connectivity index is 2.05. The van der Waals surface area contributed by atoms with Gasteiger partial charge in [0.2, 0.25) is 0 Å². The van der Waals surface area contributed by atoms with Crippen LogP contribution >= 0.6 is 15.9 Å². The summed E-state index contributed by atoms with van der Waals surface area (Å²) in [5.41, 5.74) is 0.484. The molecule has 1 heterocycles. The molecule has 1 fully saturated rings. The van der Waals surface area contributed by atoms with E-state index in [0.717, 1.165) is 17.3 Å². The van der Waals surface area contributed by atoms with Gasteiger partial charge in [-0.2, -0.15) is 0 Å². The van der Waals surface area contributed by atoms with Gasteiger partial charge in [0.25, 0.3) is 5.91 Å². The van der Waals surface area contributed by atoms with E-state index in [4.69, 9.17) is 4.74 Å². The summed E-state index contributed by atoms with van der Waals surface area (Å²) < 4.78 is 5.71. The molecule has 18 heavy (non-hydrogen) atoms. The lowest BCUT2D eigenvalue weighted by molar-refractivity contribution is -0.144. The molecule has 0 aliphatic heterocycles. The van der Waals surface area contributed by atoms with Crippen LogP contribution in [-0.4, -0.2) is 41.0 Å². The first-order valence-corrected chi connectivity index (χ1v) is 6.71. The molecule has 6 heteroatoms. The Kier molecular flexibility index (Phi) is 4.06. The van der Waals surface area contributed by atoms with Crippen molar-refractivity contribution in [2.24, 2.45) is 0 Å². The molecule has 1 aromatic heterocycles. The van der Waals surface area contributed by atoms with Gasteiger partial charge < -0.3 is 14.6 Å². The number of esters is 1. The van der Waals surface area contributed by atoms with Crippen LogP contribution in [0.15, 0.2) is 16.7 Å². The Hall–Kier alpha value is -1.30. The number of ether oxygens (including phenoxy) is 1. The van der Waals surface area contributed by atoms with Crippen LogP contribution in [0.4, 0.5) is 0 Å². The van der Waals surface area contributed by atoms with Crippen molar-refractivity contribution < 1.29 is 14.3 Å². The first-order valence-electron chi connectivity index (χ1n) is 5.92. The molecule has 5 nitrogen and oxygen atoms in total. The van der Waals surface area contributed by atoms with E-state index in [1.165, 1.54) is 0 Å². The zero-order valence-electron chi connectivity index (χ0n) is 10.1. The van der Waals surface area contributed by atoms with Crippen LogP contribution in [-0.2, 0) is 9.53 Å². The standard InChI is InChI=1S/C12H15BrN2O3/c1-2-18-11(16)7-15(9-3-4-9)12(17)10-5-8(13)6-14-10/h5-6,9,14H,2-4,7H2,1H3. The van der Waals surface area contributed by atoms with Crippen molar-refractivity contribution in [2.45, 2.75) is 25.8 Å². The van der Waals surface area contributed by atoms with Crippen molar-refractivity contribution in [1.29, 1.82) is 0 Å². The molecule has 98 valence electrons. The van der Waals surface area contributed by atoms with Crippen molar-refractivity contribution in [2.75, 3.05) is 13.2 Å². The molecule has 1 aliphatic rings. The molecule has 0 radical (unpaired) electrons. The van der Waals surface area contributed by atoms with Crippen LogP contribution in [0.3, 0.4) is 0 Å². The summed E-state index contributed by atoms with van der Waals surface area (Å²) in [4.78, 5) is 28.2. The van der Waals surface area contributed by atoms with Crippen molar-refractivity contribution in [3.8, 4) is 0 Å². The summed E-state index contributed by atoms with van der Waals surface area (Å²) >= 11 is 3.28. The molecular formula is C12H15BrN2O3. The number of H-pyrrole nitrogens is 1. The monoisotopic (exact) mass is 314 g/mol. The Labute approximate surface area is 114 Å². The van der Waals surface area contributed by atoms with E-state index in [1.807, 2.05) is 0 Å². The molecule has 0 spiro atoms. The molecule has 1 N–H and O–H groups in total. The number of hydrogen-bond donors (Lipinski definition) is 1. The number of halogens is 1. The van der Waals surface area contributed by atoms with Gasteiger partial charge in [0.15, 0.2) is 0 Å². The van der Waals surface area contributed by atoms with Gasteiger partial charge in [-0.3, -0.25) is 9.59 Å². The molecule has 0 aromatic carbocycles. The highest BCUT2D eigenvalue weighted by Gasteiger charge is 2.35. The maximum atomic E-state index is 12.2. The fraction of sp³-hybridized carbons (Fsp3) is 0.500. The molecule has 1 aromatic rings. The summed E-state index contributed by atoms with van der Waals surface area (Å²) in [5, 5.41) is 0.